The highest BCUT2D eigenvalue weighted by atomic mass is 79.9. The van der Waals surface area contributed by atoms with Crippen molar-refractivity contribution in [2.45, 2.75) is 31.6 Å². The van der Waals surface area contributed by atoms with Gasteiger partial charge in [0, 0.05) is 21.9 Å². The van der Waals surface area contributed by atoms with E-state index in [-0.39, 0.29) is 17.6 Å². The number of fused-ring (bicyclic) bond motifs is 1. The molecule has 1 aliphatic carbocycles. The summed E-state index contributed by atoms with van der Waals surface area (Å²) in [6.45, 7) is 2.00. The van der Waals surface area contributed by atoms with Crippen molar-refractivity contribution in [2.24, 2.45) is 0 Å². The third-order valence-electron chi connectivity index (χ3n) is 5.46. The fourth-order valence-electron chi connectivity index (χ4n) is 3.87. The lowest BCUT2D eigenvalue weighted by Gasteiger charge is -2.25. The van der Waals surface area contributed by atoms with E-state index in [2.05, 4.69) is 15.9 Å². The molecule has 2 heterocycles. The topological polar surface area (TPSA) is 61.2 Å². The molecule has 5 rings (SSSR count). The fourth-order valence-corrected chi connectivity index (χ4v) is 5.57. The monoisotopic (exact) mass is 492 g/mol. The highest BCUT2D eigenvalue weighted by molar-refractivity contribution is 9.10. The average molecular weight is 494 g/mol. The molecule has 0 amide bonds. The Bertz CT molecular complexity index is 1230. The lowest BCUT2D eigenvalue weighted by atomic mass is 9.90. The van der Waals surface area contributed by atoms with Crippen molar-refractivity contribution < 1.29 is 12.6 Å². The molecule has 29 heavy (non-hydrogen) atoms. The van der Waals surface area contributed by atoms with Crippen LogP contribution in [-0.4, -0.2) is 24.0 Å². The van der Waals surface area contributed by atoms with E-state index in [1.165, 1.54) is 0 Å². The van der Waals surface area contributed by atoms with E-state index in [0.717, 1.165) is 39.7 Å². The van der Waals surface area contributed by atoms with Crippen molar-refractivity contribution >= 4 is 37.6 Å². The van der Waals surface area contributed by atoms with Gasteiger partial charge >= 0.3 is 10.1 Å². The summed E-state index contributed by atoms with van der Waals surface area (Å²) in [5.74, 6) is 0.157. The number of rotatable bonds is 3. The molecule has 3 aromatic rings. The highest BCUT2D eigenvalue weighted by Gasteiger charge is 2.42. The summed E-state index contributed by atoms with van der Waals surface area (Å²) < 4.78 is 33.5. The molecule has 1 unspecified atom stereocenters. The van der Waals surface area contributed by atoms with E-state index < -0.39 is 10.1 Å². The smallest absolute Gasteiger partial charge is 0.311 e. The first-order valence-electron chi connectivity index (χ1n) is 9.40. The number of aromatic nitrogens is 2. The molecule has 5 nitrogen and oxygen atoms in total. The summed E-state index contributed by atoms with van der Waals surface area (Å²) >= 11 is 9.92. The van der Waals surface area contributed by atoms with E-state index in [1.54, 1.807) is 10.7 Å². The minimum Gasteiger partial charge on any atom is -0.361 e. The summed E-state index contributed by atoms with van der Waals surface area (Å²) in [7, 11) is -3.77. The maximum Gasteiger partial charge on any atom is 0.311 e. The van der Waals surface area contributed by atoms with Crippen molar-refractivity contribution in [3.63, 3.8) is 0 Å². The molecule has 2 aromatic carbocycles. The summed E-state index contributed by atoms with van der Waals surface area (Å²) in [5, 5.41) is 5.29. The molecule has 0 N–H and O–H groups in total. The zero-order chi connectivity index (χ0) is 20.3. The third kappa shape index (κ3) is 3.39. The quantitative estimate of drug-likeness (QED) is 0.463. The normalized spacial score (nSPS) is 20.2. The van der Waals surface area contributed by atoms with Crippen molar-refractivity contribution in [1.29, 1.82) is 0 Å². The minimum atomic E-state index is -3.77. The van der Waals surface area contributed by atoms with E-state index in [9.17, 15) is 8.42 Å². The van der Waals surface area contributed by atoms with Crippen LogP contribution in [0.2, 0.25) is 5.02 Å². The van der Waals surface area contributed by atoms with Gasteiger partial charge in [0.15, 0.2) is 0 Å². The summed E-state index contributed by atoms with van der Waals surface area (Å²) in [6, 6.07) is 13.2. The predicted octanol–water partition coefficient (Wildman–Crippen LogP) is 5.33. The number of benzene rings is 2. The Morgan fingerprint density at radius 1 is 1.21 bits per heavy atom. The highest BCUT2D eigenvalue weighted by Crippen LogP contribution is 2.50. The standard InChI is InChI=1S/C21H18BrClN2O3S/c1-12-10-14(8-9-16(12)22)15-11-29(26,27)28-21-19(15)20(13-6-7-13)24-25(21)18-5-3-2-4-17(18)23/h2-5,8-10,13,15H,6-7,11H2,1H3. The van der Waals surface area contributed by atoms with Crippen LogP contribution >= 0.6 is 27.5 Å². The molecule has 0 bridgehead atoms. The molecule has 0 saturated heterocycles. The zero-order valence-electron chi connectivity index (χ0n) is 15.6. The third-order valence-corrected chi connectivity index (χ3v) is 7.82. The molecular weight excluding hydrogens is 476 g/mol. The van der Waals surface area contributed by atoms with Gasteiger partial charge in [-0.05, 0) is 49.1 Å². The van der Waals surface area contributed by atoms with Crippen LogP contribution in [0.3, 0.4) is 0 Å². The van der Waals surface area contributed by atoms with Gasteiger partial charge in [0.25, 0.3) is 0 Å². The van der Waals surface area contributed by atoms with Gasteiger partial charge in [-0.2, -0.15) is 18.2 Å². The lowest BCUT2D eigenvalue weighted by molar-refractivity contribution is 0.446. The van der Waals surface area contributed by atoms with Crippen LogP contribution in [0.25, 0.3) is 5.69 Å². The van der Waals surface area contributed by atoms with Crippen LogP contribution in [0.15, 0.2) is 46.9 Å². The van der Waals surface area contributed by atoms with Crippen LogP contribution in [0.5, 0.6) is 5.88 Å². The summed E-state index contributed by atoms with van der Waals surface area (Å²) in [6.07, 6.45) is 2.09. The van der Waals surface area contributed by atoms with Crippen molar-refractivity contribution in [2.75, 3.05) is 5.75 Å². The molecule has 1 saturated carbocycles. The first-order valence-corrected chi connectivity index (χ1v) is 12.1. The van der Waals surface area contributed by atoms with E-state index in [0.29, 0.717) is 16.6 Å². The SMILES string of the molecule is Cc1cc(C2CS(=O)(=O)Oc3c2c(C2CC2)nn3-c2ccccc2Cl)ccc1Br. The maximum atomic E-state index is 12.7. The Morgan fingerprint density at radius 2 is 1.97 bits per heavy atom. The number of halogens is 2. The Balaban J connectivity index is 1.76. The number of para-hydroxylation sites is 1. The van der Waals surface area contributed by atoms with Crippen LogP contribution in [0, 0.1) is 6.92 Å². The van der Waals surface area contributed by atoms with Crippen LogP contribution in [0.1, 0.15) is 47.1 Å². The molecule has 150 valence electrons. The number of hydrogen-bond acceptors (Lipinski definition) is 4. The fraction of sp³-hybridized carbons (Fsp3) is 0.286. The largest absolute Gasteiger partial charge is 0.361 e. The van der Waals surface area contributed by atoms with Crippen molar-refractivity contribution in [3.05, 3.63) is 74.3 Å². The first-order chi connectivity index (χ1) is 13.8. The van der Waals surface area contributed by atoms with Gasteiger partial charge in [-0.25, -0.2) is 0 Å². The predicted molar refractivity (Wildman–Crippen MR) is 116 cm³/mol. The Labute approximate surface area is 182 Å². The molecule has 1 aromatic heterocycles. The van der Waals surface area contributed by atoms with Gasteiger partial charge in [0.05, 0.1) is 22.2 Å². The molecule has 2 aliphatic rings. The molecule has 0 radical (unpaired) electrons. The van der Waals surface area contributed by atoms with Gasteiger partial charge in [-0.15, -0.1) is 0 Å². The Kier molecular flexibility index (Phi) is 4.53. The minimum absolute atomic E-state index is 0.102. The molecular formula is C21H18BrClN2O3S. The van der Waals surface area contributed by atoms with E-state index in [4.69, 9.17) is 20.9 Å². The van der Waals surface area contributed by atoms with Gasteiger partial charge in [0.1, 0.15) is 0 Å². The second-order valence-electron chi connectivity index (χ2n) is 7.61. The number of aryl methyl sites for hydroxylation is 1. The summed E-state index contributed by atoms with van der Waals surface area (Å²) in [5.41, 5.74) is 4.39. The van der Waals surface area contributed by atoms with Gasteiger partial charge in [-0.3, -0.25) is 0 Å². The molecule has 1 fully saturated rings. The zero-order valence-corrected chi connectivity index (χ0v) is 18.8. The number of nitrogens with zero attached hydrogens (tertiary/aromatic N) is 2. The van der Waals surface area contributed by atoms with Gasteiger partial charge in [0.2, 0.25) is 5.88 Å². The second kappa shape index (κ2) is 6.86. The van der Waals surface area contributed by atoms with Crippen LogP contribution < -0.4 is 4.18 Å². The summed E-state index contributed by atoms with van der Waals surface area (Å²) in [4.78, 5) is 0. The first kappa shape index (κ1) is 19.2. The Hall–Kier alpha value is -1.83. The number of hydrogen-bond donors (Lipinski definition) is 0. The molecule has 0 spiro atoms. The van der Waals surface area contributed by atoms with Crippen molar-refractivity contribution in [3.8, 4) is 11.6 Å². The molecule has 1 aliphatic heterocycles. The van der Waals surface area contributed by atoms with E-state index in [1.807, 2.05) is 43.3 Å². The average Bonchev–Trinajstić information content (AvgIpc) is 3.45. The van der Waals surface area contributed by atoms with Gasteiger partial charge in [-0.1, -0.05) is 51.8 Å². The van der Waals surface area contributed by atoms with Crippen molar-refractivity contribution in [1.82, 2.24) is 9.78 Å². The maximum absolute atomic E-state index is 12.7. The van der Waals surface area contributed by atoms with E-state index >= 15 is 0 Å². The Morgan fingerprint density at radius 3 is 2.66 bits per heavy atom. The van der Waals surface area contributed by atoms with Crippen LogP contribution in [-0.2, 0) is 10.1 Å². The molecule has 1 atom stereocenters. The molecule has 8 heteroatoms. The van der Waals surface area contributed by atoms with Crippen LogP contribution in [0.4, 0.5) is 0 Å². The lowest BCUT2D eigenvalue weighted by Crippen LogP contribution is -2.27. The van der Waals surface area contributed by atoms with Gasteiger partial charge < -0.3 is 4.18 Å². The second-order valence-corrected chi connectivity index (χ2v) is 10.5.